The molecule has 2 fully saturated rings. The summed E-state index contributed by atoms with van der Waals surface area (Å²) in [7, 11) is 1.74. The molecular weight excluding hydrogens is 334 g/mol. The van der Waals surface area contributed by atoms with E-state index in [0.29, 0.717) is 32.8 Å². The Balaban J connectivity index is 1.40. The number of para-hydroxylation sites is 1. The number of piperidine rings is 1. The largest absolute Gasteiger partial charge is 0.492 e. The van der Waals surface area contributed by atoms with Crippen LogP contribution < -0.4 is 4.74 Å². The quantitative estimate of drug-likeness (QED) is 0.797. The number of hydrogen-bond donors (Lipinski definition) is 0. The Morgan fingerprint density at radius 1 is 1.23 bits per heavy atom. The molecule has 7 nitrogen and oxygen atoms in total. The number of rotatable bonds is 2. The fourth-order valence-electron chi connectivity index (χ4n) is 4.12. The average Bonchev–Trinajstić information content (AvgIpc) is 2.79. The predicted octanol–water partition coefficient (Wildman–Crippen LogP) is 1.32. The molecule has 1 aromatic rings. The molecule has 0 N–H and O–H groups in total. The molecule has 2 amide bonds. The Kier molecular flexibility index (Phi) is 4.48. The van der Waals surface area contributed by atoms with Crippen LogP contribution >= 0.6 is 0 Å². The highest BCUT2D eigenvalue weighted by Crippen LogP contribution is 2.31. The number of likely N-dealkylation sites (tertiary alicyclic amines) is 1. The SMILES string of the molecule is CN1CC2(CCCN(C(=O)CN3CCOc4ccccc4C3)C2)OC1=O. The molecule has 1 spiro atoms. The third kappa shape index (κ3) is 3.35. The first-order valence-corrected chi connectivity index (χ1v) is 9.20. The summed E-state index contributed by atoms with van der Waals surface area (Å²) in [6.07, 6.45) is 1.39. The lowest BCUT2D eigenvalue weighted by molar-refractivity contribution is -0.138. The minimum atomic E-state index is -0.533. The van der Waals surface area contributed by atoms with Gasteiger partial charge in [-0.25, -0.2) is 4.79 Å². The van der Waals surface area contributed by atoms with E-state index in [-0.39, 0.29) is 12.0 Å². The van der Waals surface area contributed by atoms with Gasteiger partial charge in [0.05, 0.1) is 19.6 Å². The Morgan fingerprint density at radius 3 is 2.88 bits per heavy atom. The van der Waals surface area contributed by atoms with Crippen molar-refractivity contribution in [2.24, 2.45) is 0 Å². The van der Waals surface area contributed by atoms with Gasteiger partial charge in [0.15, 0.2) is 0 Å². The molecule has 3 heterocycles. The summed E-state index contributed by atoms with van der Waals surface area (Å²) in [4.78, 5) is 30.2. The fraction of sp³-hybridized carbons (Fsp3) is 0.579. The minimum Gasteiger partial charge on any atom is -0.492 e. The number of hydrogen-bond acceptors (Lipinski definition) is 5. The van der Waals surface area contributed by atoms with E-state index < -0.39 is 5.60 Å². The number of amides is 2. The number of carbonyl (C=O) groups is 2. The highest BCUT2D eigenvalue weighted by atomic mass is 16.6. The average molecular weight is 359 g/mol. The maximum absolute atomic E-state index is 12.9. The first-order valence-electron chi connectivity index (χ1n) is 9.20. The molecule has 140 valence electrons. The van der Waals surface area contributed by atoms with Crippen molar-refractivity contribution in [1.29, 1.82) is 0 Å². The molecule has 3 aliphatic heterocycles. The number of nitrogens with zero attached hydrogens (tertiary/aromatic N) is 3. The standard InChI is InChI=1S/C19H25N3O4/c1-20-13-19(26-18(20)24)7-4-8-22(14-19)17(23)12-21-9-10-25-16-6-3-2-5-15(16)11-21/h2-3,5-6H,4,7-14H2,1H3. The second kappa shape index (κ2) is 6.79. The van der Waals surface area contributed by atoms with Crippen LogP contribution in [0.4, 0.5) is 4.79 Å². The van der Waals surface area contributed by atoms with Crippen molar-refractivity contribution >= 4 is 12.0 Å². The van der Waals surface area contributed by atoms with Gasteiger partial charge in [0.25, 0.3) is 0 Å². The molecule has 1 atom stereocenters. The lowest BCUT2D eigenvalue weighted by Gasteiger charge is -2.39. The van der Waals surface area contributed by atoms with Crippen LogP contribution in [0.2, 0.25) is 0 Å². The van der Waals surface area contributed by atoms with Crippen molar-refractivity contribution in [3.05, 3.63) is 29.8 Å². The van der Waals surface area contributed by atoms with E-state index in [9.17, 15) is 9.59 Å². The molecule has 0 radical (unpaired) electrons. The molecule has 3 aliphatic rings. The van der Waals surface area contributed by atoms with Crippen LogP contribution in [0.1, 0.15) is 18.4 Å². The van der Waals surface area contributed by atoms with Crippen LogP contribution in [0.3, 0.4) is 0 Å². The zero-order chi connectivity index (χ0) is 18.1. The molecule has 1 aromatic carbocycles. The second-order valence-corrected chi connectivity index (χ2v) is 7.49. The van der Waals surface area contributed by atoms with Crippen LogP contribution in [0.25, 0.3) is 0 Å². The van der Waals surface area contributed by atoms with Crippen LogP contribution in [-0.4, -0.2) is 78.7 Å². The van der Waals surface area contributed by atoms with Crippen LogP contribution in [0.5, 0.6) is 5.75 Å². The van der Waals surface area contributed by atoms with Crippen LogP contribution in [0.15, 0.2) is 24.3 Å². The molecule has 1 unspecified atom stereocenters. The smallest absolute Gasteiger partial charge is 0.410 e. The van der Waals surface area contributed by atoms with E-state index in [4.69, 9.17) is 9.47 Å². The summed E-state index contributed by atoms with van der Waals surface area (Å²) in [5.41, 5.74) is 0.577. The molecule has 0 aliphatic carbocycles. The molecule has 2 saturated heterocycles. The molecular formula is C19H25N3O4. The van der Waals surface area contributed by atoms with Gasteiger partial charge in [0.2, 0.25) is 5.91 Å². The predicted molar refractivity (Wildman–Crippen MR) is 94.9 cm³/mol. The highest BCUT2D eigenvalue weighted by Gasteiger charge is 2.47. The number of carbonyl (C=O) groups excluding carboxylic acids is 2. The highest BCUT2D eigenvalue weighted by molar-refractivity contribution is 5.79. The molecule has 0 aromatic heterocycles. The van der Waals surface area contributed by atoms with Crippen molar-refractivity contribution in [3.63, 3.8) is 0 Å². The van der Waals surface area contributed by atoms with Crippen LogP contribution in [0, 0.1) is 0 Å². The van der Waals surface area contributed by atoms with E-state index >= 15 is 0 Å². The monoisotopic (exact) mass is 359 g/mol. The number of benzene rings is 1. The summed E-state index contributed by atoms with van der Waals surface area (Å²) in [5.74, 6) is 0.995. The lowest BCUT2D eigenvalue weighted by Crippen LogP contribution is -2.54. The first kappa shape index (κ1) is 17.1. The Morgan fingerprint density at radius 2 is 2.08 bits per heavy atom. The fourth-order valence-corrected chi connectivity index (χ4v) is 4.12. The van der Waals surface area contributed by atoms with Crippen molar-refractivity contribution < 1.29 is 19.1 Å². The maximum Gasteiger partial charge on any atom is 0.410 e. The molecule has 26 heavy (non-hydrogen) atoms. The lowest BCUT2D eigenvalue weighted by atomic mass is 9.92. The normalized spacial score (nSPS) is 26.3. The number of likely N-dealkylation sites (N-methyl/N-ethyl adjacent to an activating group) is 1. The molecule has 4 rings (SSSR count). The van der Waals surface area contributed by atoms with Gasteiger partial charge in [-0.3, -0.25) is 9.69 Å². The summed E-state index contributed by atoms with van der Waals surface area (Å²) in [6.45, 7) is 4.14. The first-order chi connectivity index (χ1) is 12.5. The third-order valence-electron chi connectivity index (χ3n) is 5.42. The van der Waals surface area contributed by atoms with Crippen LogP contribution in [-0.2, 0) is 16.1 Å². The number of fused-ring (bicyclic) bond motifs is 1. The van der Waals surface area contributed by atoms with Gasteiger partial charge in [-0.2, -0.15) is 0 Å². The zero-order valence-corrected chi connectivity index (χ0v) is 15.1. The Bertz CT molecular complexity index is 710. The topological polar surface area (TPSA) is 62.3 Å². The number of ether oxygens (including phenoxy) is 2. The van der Waals surface area contributed by atoms with E-state index in [1.54, 1.807) is 11.9 Å². The van der Waals surface area contributed by atoms with Crippen molar-refractivity contribution in [1.82, 2.24) is 14.7 Å². The maximum atomic E-state index is 12.9. The van der Waals surface area contributed by atoms with Gasteiger partial charge in [-0.1, -0.05) is 18.2 Å². The van der Waals surface area contributed by atoms with E-state index in [1.165, 1.54) is 0 Å². The van der Waals surface area contributed by atoms with Gasteiger partial charge < -0.3 is 19.3 Å². The minimum absolute atomic E-state index is 0.0917. The van der Waals surface area contributed by atoms with Gasteiger partial charge >= 0.3 is 6.09 Å². The summed E-state index contributed by atoms with van der Waals surface area (Å²) in [6, 6.07) is 7.97. The van der Waals surface area contributed by atoms with E-state index in [2.05, 4.69) is 4.90 Å². The van der Waals surface area contributed by atoms with Crippen molar-refractivity contribution in [2.75, 3.05) is 46.4 Å². The summed E-state index contributed by atoms with van der Waals surface area (Å²) < 4.78 is 11.4. The molecule has 0 saturated carbocycles. The Labute approximate surface area is 153 Å². The van der Waals surface area contributed by atoms with E-state index in [0.717, 1.165) is 37.2 Å². The van der Waals surface area contributed by atoms with Crippen molar-refractivity contribution in [2.45, 2.75) is 25.0 Å². The molecule has 7 heteroatoms. The van der Waals surface area contributed by atoms with Gasteiger partial charge in [-0.05, 0) is 18.9 Å². The third-order valence-corrected chi connectivity index (χ3v) is 5.42. The van der Waals surface area contributed by atoms with Gasteiger partial charge in [-0.15, -0.1) is 0 Å². The second-order valence-electron chi connectivity index (χ2n) is 7.49. The zero-order valence-electron chi connectivity index (χ0n) is 15.1. The summed E-state index contributed by atoms with van der Waals surface area (Å²) in [5, 5.41) is 0. The Hall–Kier alpha value is -2.28. The van der Waals surface area contributed by atoms with E-state index in [1.807, 2.05) is 29.2 Å². The van der Waals surface area contributed by atoms with Gasteiger partial charge in [0.1, 0.15) is 18.0 Å². The summed E-state index contributed by atoms with van der Waals surface area (Å²) >= 11 is 0. The van der Waals surface area contributed by atoms with Gasteiger partial charge in [0, 0.05) is 32.2 Å². The molecule has 0 bridgehead atoms. The van der Waals surface area contributed by atoms with Crippen molar-refractivity contribution in [3.8, 4) is 5.75 Å².